The van der Waals surface area contributed by atoms with Crippen molar-refractivity contribution in [1.29, 1.82) is 0 Å². The number of likely N-dealkylation sites (tertiary alicyclic amines) is 1. The van der Waals surface area contributed by atoms with E-state index in [0.717, 1.165) is 32.9 Å². The molecule has 0 aliphatic carbocycles. The molecule has 49 heavy (non-hydrogen) atoms. The number of benzene rings is 4. The molecule has 2 amide bonds. The summed E-state index contributed by atoms with van der Waals surface area (Å²) in [5, 5.41) is 2.64. The molecule has 1 fully saturated rings. The fraction of sp³-hybridized carbons (Fsp3) is 0.256. The lowest BCUT2D eigenvalue weighted by Gasteiger charge is -2.47. The van der Waals surface area contributed by atoms with Gasteiger partial charge in [0.25, 0.3) is 5.91 Å². The van der Waals surface area contributed by atoms with Gasteiger partial charge in [0.1, 0.15) is 30.0 Å². The van der Waals surface area contributed by atoms with Crippen LogP contribution in [0.1, 0.15) is 34.8 Å². The number of esters is 1. The first-order valence-corrected chi connectivity index (χ1v) is 17.0. The third-order valence-corrected chi connectivity index (χ3v) is 8.86. The molecule has 4 aromatic carbocycles. The minimum atomic E-state index is -1.16. The highest BCUT2D eigenvalue weighted by atomic mass is 35.5. The van der Waals surface area contributed by atoms with E-state index in [0.29, 0.717) is 13.0 Å². The molecule has 0 radical (unpaired) electrons. The summed E-state index contributed by atoms with van der Waals surface area (Å²) in [5.41, 5.74) is 3.27. The SMILES string of the molecule is C=C(CCl)C(C(=O)OCc1ccccc1)N1C(=O)C(NC(=O)CCOCCc2ccc(OC(c3ccccc3)c3ccccc3)cc2)C1Cl. The van der Waals surface area contributed by atoms with Crippen molar-refractivity contribution >= 4 is 41.0 Å². The number of ether oxygens (including phenoxy) is 3. The van der Waals surface area contributed by atoms with E-state index in [1.165, 1.54) is 0 Å². The van der Waals surface area contributed by atoms with Crippen LogP contribution in [0.25, 0.3) is 0 Å². The van der Waals surface area contributed by atoms with E-state index in [2.05, 4.69) is 36.2 Å². The van der Waals surface area contributed by atoms with Gasteiger partial charge in [-0.3, -0.25) is 9.59 Å². The van der Waals surface area contributed by atoms with E-state index in [1.54, 1.807) is 0 Å². The van der Waals surface area contributed by atoms with Crippen molar-refractivity contribution in [2.45, 2.75) is 43.1 Å². The Labute approximate surface area is 296 Å². The second kappa shape index (κ2) is 17.7. The first-order valence-electron chi connectivity index (χ1n) is 16.0. The molecule has 1 N–H and O–H groups in total. The molecule has 3 unspecified atom stereocenters. The van der Waals surface area contributed by atoms with Crippen molar-refractivity contribution in [3.8, 4) is 5.75 Å². The van der Waals surface area contributed by atoms with Crippen LogP contribution in [0.2, 0.25) is 0 Å². The van der Waals surface area contributed by atoms with Gasteiger partial charge in [-0.05, 0) is 46.4 Å². The van der Waals surface area contributed by atoms with E-state index < -0.39 is 35.4 Å². The highest BCUT2D eigenvalue weighted by Crippen LogP contribution is 2.31. The number of hydrogen-bond donors (Lipinski definition) is 1. The predicted octanol–water partition coefficient (Wildman–Crippen LogP) is 6.60. The summed E-state index contributed by atoms with van der Waals surface area (Å²) in [7, 11) is 0. The lowest BCUT2D eigenvalue weighted by molar-refractivity contribution is -0.164. The number of hydrogen-bond acceptors (Lipinski definition) is 6. The van der Waals surface area contributed by atoms with Crippen molar-refractivity contribution in [3.63, 3.8) is 0 Å². The van der Waals surface area contributed by atoms with Gasteiger partial charge in [0, 0.05) is 12.3 Å². The molecule has 3 atom stereocenters. The van der Waals surface area contributed by atoms with Gasteiger partial charge >= 0.3 is 5.97 Å². The van der Waals surface area contributed by atoms with Gasteiger partial charge in [0.2, 0.25) is 5.91 Å². The van der Waals surface area contributed by atoms with Crippen molar-refractivity contribution in [2.75, 3.05) is 19.1 Å². The van der Waals surface area contributed by atoms with Crippen LogP contribution in [0.4, 0.5) is 0 Å². The number of β-lactam (4-membered cyclic amide) rings is 1. The Morgan fingerprint density at radius 1 is 0.816 bits per heavy atom. The summed E-state index contributed by atoms with van der Waals surface area (Å²) in [5.74, 6) is -0.932. The van der Waals surface area contributed by atoms with Crippen LogP contribution in [0.5, 0.6) is 5.75 Å². The van der Waals surface area contributed by atoms with Crippen LogP contribution in [0.15, 0.2) is 127 Å². The first-order chi connectivity index (χ1) is 23.9. The number of nitrogens with one attached hydrogen (secondary N) is 1. The Balaban J connectivity index is 1.04. The predicted molar refractivity (Wildman–Crippen MR) is 189 cm³/mol. The molecule has 254 valence electrons. The van der Waals surface area contributed by atoms with Crippen LogP contribution in [-0.4, -0.2) is 59.4 Å². The summed E-state index contributed by atoms with van der Waals surface area (Å²) < 4.78 is 17.5. The number of carbonyl (C=O) groups excluding carboxylic acids is 3. The van der Waals surface area contributed by atoms with Gasteiger partial charge in [-0.25, -0.2) is 4.79 Å². The van der Waals surface area contributed by atoms with Crippen LogP contribution in [0, 0.1) is 0 Å². The van der Waals surface area contributed by atoms with E-state index in [4.69, 9.17) is 37.4 Å². The standard InChI is InChI=1S/C39H38Cl2N2O6/c1-27(25-40)35(39(46)48-26-29-11-5-2-6-12-29)43-37(41)34(38(43)45)42-33(44)22-24-47-23-21-28-17-19-32(20-18-28)49-36(30-13-7-3-8-14-30)31-15-9-4-10-16-31/h2-20,34-37H,1,21-26H2,(H,42,44). The Bertz CT molecular complexity index is 1650. The van der Waals surface area contributed by atoms with Crippen molar-refractivity contribution in [1.82, 2.24) is 10.2 Å². The zero-order valence-corrected chi connectivity index (χ0v) is 28.4. The number of alkyl halides is 2. The Morgan fingerprint density at radius 2 is 1.41 bits per heavy atom. The largest absolute Gasteiger partial charge is 0.481 e. The van der Waals surface area contributed by atoms with Crippen molar-refractivity contribution in [3.05, 3.63) is 150 Å². The number of rotatable bonds is 17. The highest BCUT2D eigenvalue weighted by Gasteiger charge is 2.53. The fourth-order valence-electron chi connectivity index (χ4n) is 5.39. The van der Waals surface area contributed by atoms with E-state index in [9.17, 15) is 14.4 Å². The molecule has 5 rings (SSSR count). The van der Waals surface area contributed by atoms with E-state index in [-0.39, 0.29) is 37.2 Å². The van der Waals surface area contributed by atoms with Crippen molar-refractivity contribution < 1.29 is 28.6 Å². The molecule has 1 heterocycles. The van der Waals surface area contributed by atoms with Gasteiger partial charge < -0.3 is 24.4 Å². The average molecular weight is 702 g/mol. The Morgan fingerprint density at radius 3 is 1.98 bits per heavy atom. The molecule has 1 aliphatic heterocycles. The second-order valence-electron chi connectivity index (χ2n) is 11.5. The van der Waals surface area contributed by atoms with Gasteiger partial charge in [-0.1, -0.05) is 121 Å². The number of amides is 2. The van der Waals surface area contributed by atoms with Gasteiger partial charge in [0.05, 0.1) is 13.2 Å². The molecule has 0 saturated carbocycles. The molecule has 10 heteroatoms. The van der Waals surface area contributed by atoms with Crippen LogP contribution in [-0.2, 0) is 36.9 Å². The van der Waals surface area contributed by atoms with E-state index >= 15 is 0 Å². The maximum absolute atomic E-state index is 13.0. The average Bonchev–Trinajstić information content (AvgIpc) is 3.15. The third-order valence-electron chi connectivity index (χ3n) is 8.05. The fourth-order valence-corrected chi connectivity index (χ4v) is 5.92. The van der Waals surface area contributed by atoms with Crippen molar-refractivity contribution in [2.24, 2.45) is 0 Å². The Hall–Kier alpha value is -4.63. The molecule has 0 bridgehead atoms. The number of halogens is 2. The van der Waals surface area contributed by atoms with Gasteiger partial charge in [-0.2, -0.15) is 0 Å². The molecule has 8 nitrogen and oxygen atoms in total. The van der Waals surface area contributed by atoms with Crippen LogP contribution < -0.4 is 10.1 Å². The molecular formula is C39H38Cl2N2O6. The molecule has 1 aliphatic rings. The molecule has 0 aromatic heterocycles. The molecular weight excluding hydrogens is 663 g/mol. The lowest BCUT2D eigenvalue weighted by atomic mass is 9.99. The third kappa shape index (κ3) is 9.50. The summed E-state index contributed by atoms with van der Waals surface area (Å²) in [6, 6.07) is 35.1. The summed E-state index contributed by atoms with van der Waals surface area (Å²) in [4.78, 5) is 39.7. The van der Waals surface area contributed by atoms with Gasteiger partial charge in [0.15, 0.2) is 6.04 Å². The van der Waals surface area contributed by atoms with Crippen LogP contribution in [0.3, 0.4) is 0 Å². The summed E-state index contributed by atoms with van der Waals surface area (Å²) >= 11 is 12.4. The Kier molecular flexibility index (Phi) is 12.9. The smallest absolute Gasteiger partial charge is 0.333 e. The maximum atomic E-state index is 13.0. The molecule has 1 saturated heterocycles. The quantitative estimate of drug-likeness (QED) is 0.0333. The zero-order chi connectivity index (χ0) is 34.6. The number of nitrogens with zero attached hydrogens (tertiary/aromatic N) is 1. The number of carbonyl (C=O) groups is 3. The summed E-state index contributed by atoms with van der Waals surface area (Å²) in [6.07, 6.45) is 0.453. The summed E-state index contributed by atoms with van der Waals surface area (Å²) in [6.45, 7) is 4.42. The van der Waals surface area contributed by atoms with Crippen LogP contribution >= 0.6 is 23.2 Å². The van der Waals surface area contributed by atoms with E-state index in [1.807, 2.05) is 91.0 Å². The van der Waals surface area contributed by atoms with Gasteiger partial charge in [-0.15, -0.1) is 11.6 Å². The molecule has 0 spiro atoms. The topological polar surface area (TPSA) is 94.2 Å². The molecule has 4 aromatic rings. The normalized spacial score (nSPS) is 16.1. The second-order valence-corrected chi connectivity index (χ2v) is 12.2. The lowest BCUT2D eigenvalue weighted by Crippen LogP contribution is -2.72. The minimum absolute atomic E-state index is 0.0184. The first kappa shape index (κ1) is 35.7. The maximum Gasteiger partial charge on any atom is 0.333 e. The highest BCUT2D eigenvalue weighted by molar-refractivity contribution is 6.27. The zero-order valence-electron chi connectivity index (χ0n) is 26.9. The monoisotopic (exact) mass is 700 g/mol. The minimum Gasteiger partial charge on any atom is -0.481 e.